The average Bonchev–Trinajstić information content (AvgIpc) is 3.40. The highest BCUT2D eigenvalue weighted by Crippen LogP contribution is 2.30. The number of benzene rings is 1. The van der Waals surface area contributed by atoms with Crippen LogP contribution in [0.3, 0.4) is 0 Å². The Kier molecular flexibility index (Phi) is 7.18. The van der Waals surface area contributed by atoms with Crippen molar-refractivity contribution in [1.29, 1.82) is 0 Å². The van der Waals surface area contributed by atoms with E-state index in [9.17, 15) is 5.11 Å². The number of phenolic OH excluding ortho intramolecular Hbond substituents is 1. The number of ether oxygens (including phenoxy) is 2. The van der Waals surface area contributed by atoms with E-state index in [0.29, 0.717) is 18.9 Å². The smallest absolute Gasteiger partial charge is 0.194 e. The summed E-state index contributed by atoms with van der Waals surface area (Å²) < 4.78 is 10.8. The Balaban J connectivity index is 1.90. The van der Waals surface area contributed by atoms with Gasteiger partial charge in [0.2, 0.25) is 0 Å². The molecule has 0 atom stereocenters. The van der Waals surface area contributed by atoms with Crippen LogP contribution in [0, 0.1) is 5.92 Å². The molecule has 0 bridgehead atoms. The van der Waals surface area contributed by atoms with Gasteiger partial charge in [-0.15, -0.1) is 0 Å². The monoisotopic (exact) mass is 335 g/mol. The molecular formula is C18H29N3O3. The van der Waals surface area contributed by atoms with Crippen molar-refractivity contribution >= 4 is 5.96 Å². The molecule has 1 saturated carbocycles. The average molecular weight is 335 g/mol. The largest absolute Gasteiger partial charge is 0.504 e. The molecule has 6 heteroatoms. The van der Waals surface area contributed by atoms with Crippen molar-refractivity contribution in [2.24, 2.45) is 10.9 Å². The number of nitrogens with zero attached hydrogens (tertiary/aromatic N) is 2. The number of nitrogens with one attached hydrogen (secondary N) is 1. The Morgan fingerprint density at radius 2 is 2.21 bits per heavy atom. The molecule has 0 amide bonds. The van der Waals surface area contributed by atoms with Crippen LogP contribution in [-0.2, 0) is 11.3 Å². The van der Waals surface area contributed by atoms with Crippen molar-refractivity contribution in [3.05, 3.63) is 23.8 Å². The number of methoxy groups -OCH3 is 1. The fourth-order valence-corrected chi connectivity index (χ4v) is 2.33. The number of guanidine groups is 1. The Morgan fingerprint density at radius 3 is 2.88 bits per heavy atom. The van der Waals surface area contributed by atoms with Crippen molar-refractivity contribution in [2.45, 2.75) is 26.3 Å². The zero-order valence-corrected chi connectivity index (χ0v) is 14.9. The molecule has 0 spiro atoms. The molecule has 0 unspecified atom stereocenters. The lowest BCUT2D eigenvalue weighted by Gasteiger charge is -2.22. The lowest BCUT2D eigenvalue weighted by atomic mass is 10.2. The van der Waals surface area contributed by atoms with Crippen molar-refractivity contribution in [1.82, 2.24) is 10.2 Å². The Hall–Kier alpha value is -1.95. The number of phenols is 1. The number of aromatic hydroxyl groups is 1. The van der Waals surface area contributed by atoms with Crippen LogP contribution in [0.25, 0.3) is 0 Å². The minimum absolute atomic E-state index is 0.148. The molecular weight excluding hydrogens is 306 g/mol. The highest BCUT2D eigenvalue weighted by Gasteiger charge is 2.21. The minimum atomic E-state index is 0.148. The first-order chi connectivity index (χ1) is 11.7. The van der Waals surface area contributed by atoms with Gasteiger partial charge < -0.3 is 24.8 Å². The van der Waals surface area contributed by atoms with Gasteiger partial charge in [-0.3, -0.25) is 0 Å². The van der Waals surface area contributed by atoms with E-state index in [0.717, 1.165) is 37.1 Å². The SMILES string of the molecule is CCNC(=NCc1cccc(OC)c1O)N(C)CCOCC1CC1. The van der Waals surface area contributed by atoms with Crippen LogP contribution < -0.4 is 10.1 Å². The summed E-state index contributed by atoms with van der Waals surface area (Å²) in [5.41, 5.74) is 0.739. The highest BCUT2D eigenvalue weighted by molar-refractivity contribution is 5.79. The minimum Gasteiger partial charge on any atom is -0.504 e. The molecule has 134 valence electrons. The van der Waals surface area contributed by atoms with Gasteiger partial charge in [-0.05, 0) is 31.7 Å². The molecule has 0 aromatic heterocycles. The molecule has 1 aliphatic rings. The van der Waals surface area contributed by atoms with Crippen LogP contribution in [0.1, 0.15) is 25.3 Å². The first kappa shape index (κ1) is 18.4. The number of para-hydroxylation sites is 1. The third-order valence-corrected chi connectivity index (χ3v) is 4.02. The van der Waals surface area contributed by atoms with Crippen LogP contribution in [0.15, 0.2) is 23.2 Å². The van der Waals surface area contributed by atoms with E-state index in [4.69, 9.17) is 9.47 Å². The second-order valence-corrected chi connectivity index (χ2v) is 6.08. The fourth-order valence-electron chi connectivity index (χ4n) is 2.33. The summed E-state index contributed by atoms with van der Waals surface area (Å²) in [7, 11) is 3.54. The molecule has 2 N–H and O–H groups in total. The molecule has 1 aliphatic carbocycles. The molecule has 0 radical (unpaired) electrons. The quantitative estimate of drug-likeness (QED) is 0.411. The van der Waals surface area contributed by atoms with E-state index >= 15 is 0 Å². The van der Waals surface area contributed by atoms with Crippen molar-refractivity contribution in [2.75, 3.05) is 40.5 Å². The van der Waals surface area contributed by atoms with Gasteiger partial charge in [-0.25, -0.2) is 4.99 Å². The lowest BCUT2D eigenvalue weighted by Crippen LogP contribution is -2.40. The zero-order valence-electron chi connectivity index (χ0n) is 14.9. The van der Waals surface area contributed by atoms with E-state index in [1.807, 2.05) is 31.0 Å². The Bertz CT molecular complexity index is 544. The standard InChI is InChI=1S/C18H29N3O3/c1-4-19-18(21(2)10-11-24-13-14-8-9-14)20-12-15-6-5-7-16(23-3)17(15)22/h5-7,14,22H,4,8-13H2,1-3H3,(H,19,20). The maximum Gasteiger partial charge on any atom is 0.194 e. The summed E-state index contributed by atoms with van der Waals surface area (Å²) in [4.78, 5) is 6.66. The topological polar surface area (TPSA) is 66.3 Å². The highest BCUT2D eigenvalue weighted by atomic mass is 16.5. The summed E-state index contributed by atoms with van der Waals surface area (Å²) >= 11 is 0. The number of aliphatic imine (C=N–C) groups is 1. The van der Waals surface area contributed by atoms with Gasteiger partial charge in [0.1, 0.15) is 0 Å². The number of likely N-dealkylation sites (N-methyl/N-ethyl adjacent to an activating group) is 1. The summed E-state index contributed by atoms with van der Waals surface area (Å²) in [6, 6.07) is 5.44. The van der Waals surface area contributed by atoms with Crippen LogP contribution in [0.4, 0.5) is 0 Å². The van der Waals surface area contributed by atoms with E-state index in [2.05, 4.69) is 10.3 Å². The van der Waals surface area contributed by atoms with Gasteiger partial charge >= 0.3 is 0 Å². The maximum absolute atomic E-state index is 10.2. The van der Waals surface area contributed by atoms with Gasteiger partial charge in [0.05, 0.1) is 20.3 Å². The molecule has 1 aromatic carbocycles. The number of rotatable bonds is 9. The van der Waals surface area contributed by atoms with Gasteiger partial charge in [0, 0.05) is 32.3 Å². The Morgan fingerprint density at radius 1 is 1.42 bits per heavy atom. The second-order valence-electron chi connectivity index (χ2n) is 6.08. The second kappa shape index (κ2) is 9.37. The molecule has 2 rings (SSSR count). The Labute approximate surface area is 144 Å². The predicted octanol–water partition coefficient (Wildman–Crippen LogP) is 2.22. The van der Waals surface area contributed by atoms with Gasteiger partial charge in [-0.1, -0.05) is 12.1 Å². The molecule has 0 saturated heterocycles. The third kappa shape index (κ3) is 5.60. The molecule has 1 aromatic rings. The third-order valence-electron chi connectivity index (χ3n) is 4.02. The van der Waals surface area contributed by atoms with E-state index in [1.54, 1.807) is 13.2 Å². The zero-order chi connectivity index (χ0) is 17.4. The van der Waals surface area contributed by atoms with Crippen molar-refractivity contribution in [3.63, 3.8) is 0 Å². The van der Waals surface area contributed by atoms with Crippen molar-refractivity contribution < 1.29 is 14.6 Å². The van der Waals surface area contributed by atoms with E-state index in [1.165, 1.54) is 12.8 Å². The summed E-state index contributed by atoms with van der Waals surface area (Å²) in [5.74, 6) is 2.20. The maximum atomic E-state index is 10.2. The van der Waals surface area contributed by atoms with Crippen LogP contribution in [0.2, 0.25) is 0 Å². The molecule has 6 nitrogen and oxygen atoms in total. The fraction of sp³-hybridized carbons (Fsp3) is 0.611. The molecule has 0 aliphatic heterocycles. The van der Waals surface area contributed by atoms with Gasteiger partial charge in [-0.2, -0.15) is 0 Å². The van der Waals surface area contributed by atoms with Crippen molar-refractivity contribution in [3.8, 4) is 11.5 Å². The summed E-state index contributed by atoms with van der Waals surface area (Å²) in [6.07, 6.45) is 2.62. The van der Waals surface area contributed by atoms with Crippen LogP contribution >= 0.6 is 0 Å². The molecule has 24 heavy (non-hydrogen) atoms. The molecule has 0 heterocycles. The van der Waals surface area contributed by atoms with Gasteiger partial charge in [0.15, 0.2) is 17.5 Å². The first-order valence-electron chi connectivity index (χ1n) is 8.57. The van der Waals surface area contributed by atoms with Gasteiger partial charge in [0.25, 0.3) is 0 Å². The number of hydrogen-bond acceptors (Lipinski definition) is 4. The molecule has 1 fully saturated rings. The van der Waals surface area contributed by atoms with Crippen LogP contribution in [0.5, 0.6) is 11.5 Å². The summed E-state index contributed by atoms with van der Waals surface area (Å²) in [5, 5.41) is 13.4. The predicted molar refractivity (Wildman–Crippen MR) is 95.6 cm³/mol. The summed E-state index contributed by atoms with van der Waals surface area (Å²) in [6.45, 7) is 5.56. The van der Waals surface area contributed by atoms with E-state index < -0.39 is 0 Å². The number of hydrogen-bond donors (Lipinski definition) is 2. The normalized spacial score (nSPS) is 14.5. The van der Waals surface area contributed by atoms with Crippen LogP contribution in [-0.4, -0.2) is 56.4 Å². The van der Waals surface area contributed by atoms with E-state index in [-0.39, 0.29) is 5.75 Å². The lowest BCUT2D eigenvalue weighted by molar-refractivity contribution is 0.115. The first-order valence-corrected chi connectivity index (χ1v) is 8.57.